The quantitative estimate of drug-likeness (QED) is 0.333. The Bertz CT molecular complexity index is 102. The summed E-state index contributed by atoms with van der Waals surface area (Å²) < 4.78 is 9.92. The molecule has 0 aliphatic heterocycles. The third-order valence-electron chi connectivity index (χ3n) is 0.434. The van der Waals surface area contributed by atoms with Gasteiger partial charge in [0.2, 0.25) is 6.54 Å². The Hall–Kier alpha value is -0.160. The summed E-state index contributed by atoms with van der Waals surface area (Å²) in [6.45, 7) is -0.323. The Labute approximate surface area is 52.9 Å². The molecule has 0 amide bonds. The van der Waals surface area contributed by atoms with E-state index in [1.165, 1.54) is 0 Å². The highest BCUT2D eigenvalue weighted by Crippen LogP contribution is 1.86. The first-order valence-corrected chi connectivity index (χ1v) is 3.94. The third-order valence-corrected chi connectivity index (χ3v) is 1.40. The second-order valence-corrected chi connectivity index (χ2v) is 3.07. The lowest BCUT2D eigenvalue weighted by molar-refractivity contribution is -0.474. The molecule has 8 heavy (non-hydrogen) atoms. The second kappa shape index (κ2) is 3.80. The number of rotatable bonds is 3. The average molecular weight is 158 g/mol. The lowest BCUT2D eigenvalue weighted by atomic mass is 10.8. The van der Waals surface area contributed by atoms with Gasteiger partial charge in [0.1, 0.15) is 15.8 Å². The SMILES string of the molecule is O=[N+]([O-])CCS(=O)Cl. The molecule has 0 aromatic carbocycles. The molecule has 48 valence electrons. The standard InChI is InChI=1S/C2H4ClNO3S/c3-8(7)2-1-4(5)6/h1-2H2. The number of nitro groups is 1. The molecule has 0 heterocycles. The van der Waals surface area contributed by atoms with Gasteiger partial charge in [-0.15, -0.1) is 0 Å². The topological polar surface area (TPSA) is 60.2 Å². The first-order valence-electron chi connectivity index (χ1n) is 1.79. The van der Waals surface area contributed by atoms with E-state index in [1.807, 2.05) is 0 Å². The fraction of sp³-hybridized carbons (Fsp3) is 1.00. The van der Waals surface area contributed by atoms with E-state index < -0.39 is 14.9 Å². The fourth-order valence-corrected chi connectivity index (χ4v) is 0.646. The van der Waals surface area contributed by atoms with Crippen molar-refractivity contribution >= 4 is 20.7 Å². The molecule has 0 aliphatic rings. The Kier molecular flexibility index (Phi) is 3.72. The highest BCUT2D eigenvalue weighted by molar-refractivity contribution is 8.08. The van der Waals surface area contributed by atoms with Crippen LogP contribution in [0.1, 0.15) is 0 Å². The van der Waals surface area contributed by atoms with E-state index in [4.69, 9.17) is 10.7 Å². The monoisotopic (exact) mass is 157 g/mol. The number of nitrogens with zero attached hydrogens (tertiary/aromatic N) is 1. The number of halogens is 1. The van der Waals surface area contributed by atoms with Gasteiger partial charge >= 0.3 is 0 Å². The van der Waals surface area contributed by atoms with Gasteiger partial charge in [-0.2, -0.15) is 0 Å². The van der Waals surface area contributed by atoms with Crippen LogP contribution in [-0.2, 0) is 10.0 Å². The van der Waals surface area contributed by atoms with Gasteiger partial charge in [0, 0.05) is 4.92 Å². The summed E-state index contributed by atoms with van der Waals surface area (Å²) in [7, 11) is 3.33. The Morgan fingerprint density at radius 3 is 2.38 bits per heavy atom. The first-order chi connectivity index (χ1) is 3.63. The molecule has 4 nitrogen and oxygen atoms in total. The zero-order valence-corrected chi connectivity index (χ0v) is 5.44. The Morgan fingerprint density at radius 1 is 1.75 bits per heavy atom. The zero-order valence-electron chi connectivity index (χ0n) is 3.87. The maximum atomic E-state index is 9.92. The predicted octanol–water partition coefficient (Wildman–Crippen LogP) is 0.166. The summed E-state index contributed by atoms with van der Waals surface area (Å²) in [5.74, 6) is -0.0748. The van der Waals surface area contributed by atoms with Crippen LogP contribution < -0.4 is 0 Å². The molecule has 0 N–H and O–H groups in total. The normalized spacial score (nSPS) is 13.1. The van der Waals surface area contributed by atoms with Gasteiger partial charge in [0.15, 0.2) is 0 Å². The largest absolute Gasteiger partial charge is 0.265 e. The van der Waals surface area contributed by atoms with Crippen LogP contribution in [0.2, 0.25) is 0 Å². The number of hydrogen-bond acceptors (Lipinski definition) is 3. The van der Waals surface area contributed by atoms with Crippen molar-refractivity contribution in [3.8, 4) is 0 Å². The minimum Gasteiger partial charge on any atom is -0.265 e. The molecule has 6 heteroatoms. The van der Waals surface area contributed by atoms with E-state index in [-0.39, 0.29) is 12.3 Å². The van der Waals surface area contributed by atoms with Gasteiger partial charge in [0.25, 0.3) is 0 Å². The minimum atomic E-state index is -1.56. The fourth-order valence-electron chi connectivity index (χ4n) is 0.146. The third kappa shape index (κ3) is 5.84. The molecule has 0 fully saturated rings. The summed E-state index contributed by atoms with van der Waals surface area (Å²) >= 11 is 0. The molecule has 0 aliphatic carbocycles. The Balaban J connectivity index is 3.18. The van der Waals surface area contributed by atoms with Crippen LogP contribution >= 0.6 is 10.7 Å². The molecular weight excluding hydrogens is 154 g/mol. The van der Waals surface area contributed by atoms with Crippen molar-refractivity contribution in [2.75, 3.05) is 12.3 Å². The van der Waals surface area contributed by atoms with Crippen LogP contribution in [0.5, 0.6) is 0 Å². The molecule has 0 aromatic heterocycles. The predicted molar refractivity (Wildman–Crippen MR) is 30.7 cm³/mol. The van der Waals surface area contributed by atoms with Crippen molar-refractivity contribution in [1.82, 2.24) is 0 Å². The van der Waals surface area contributed by atoms with Gasteiger partial charge < -0.3 is 0 Å². The van der Waals surface area contributed by atoms with E-state index in [0.717, 1.165) is 0 Å². The second-order valence-electron chi connectivity index (χ2n) is 1.05. The molecule has 0 bridgehead atoms. The van der Waals surface area contributed by atoms with Crippen molar-refractivity contribution in [3.05, 3.63) is 10.1 Å². The minimum absolute atomic E-state index is 0.0748. The first kappa shape index (κ1) is 7.84. The smallest absolute Gasteiger partial charge is 0.216 e. The number of hydrogen-bond donors (Lipinski definition) is 0. The van der Waals surface area contributed by atoms with Crippen LogP contribution in [0.25, 0.3) is 0 Å². The maximum Gasteiger partial charge on any atom is 0.216 e. The van der Waals surface area contributed by atoms with E-state index in [0.29, 0.717) is 0 Å². The lowest BCUT2D eigenvalue weighted by Crippen LogP contribution is -2.06. The van der Waals surface area contributed by atoms with Gasteiger partial charge in [-0.25, -0.2) is 4.21 Å². The Morgan fingerprint density at radius 2 is 2.25 bits per heavy atom. The molecule has 1 atom stereocenters. The van der Waals surface area contributed by atoms with E-state index >= 15 is 0 Å². The van der Waals surface area contributed by atoms with Crippen LogP contribution in [0.15, 0.2) is 0 Å². The molecule has 1 unspecified atom stereocenters. The summed E-state index contributed by atoms with van der Waals surface area (Å²) in [4.78, 5) is 8.96. The molecular formula is C2H4ClNO3S. The van der Waals surface area contributed by atoms with E-state index in [9.17, 15) is 14.3 Å². The van der Waals surface area contributed by atoms with Gasteiger partial charge in [0.05, 0.1) is 0 Å². The molecule has 0 saturated heterocycles. The van der Waals surface area contributed by atoms with Crippen LogP contribution in [0.4, 0.5) is 0 Å². The average Bonchev–Trinajstić information content (AvgIpc) is 1.61. The zero-order chi connectivity index (χ0) is 6.57. The van der Waals surface area contributed by atoms with E-state index in [1.54, 1.807) is 0 Å². The lowest BCUT2D eigenvalue weighted by Gasteiger charge is -1.84. The molecule has 0 spiro atoms. The van der Waals surface area contributed by atoms with Crippen LogP contribution in [0, 0.1) is 10.1 Å². The summed E-state index contributed by atoms with van der Waals surface area (Å²) in [5, 5.41) is 9.52. The van der Waals surface area contributed by atoms with Gasteiger partial charge in [-0.1, -0.05) is 0 Å². The summed E-state index contributed by atoms with van der Waals surface area (Å²) in [6.07, 6.45) is 0. The van der Waals surface area contributed by atoms with Crippen molar-refractivity contribution in [1.29, 1.82) is 0 Å². The van der Waals surface area contributed by atoms with Crippen molar-refractivity contribution in [2.45, 2.75) is 0 Å². The van der Waals surface area contributed by atoms with Gasteiger partial charge in [-0.05, 0) is 10.7 Å². The maximum absolute atomic E-state index is 9.92. The molecule has 0 saturated carbocycles. The van der Waals surface area contributed by atoms with Crippen molar-refractivity contribution in [2.24, 2.45) is 0 Å². The summed E-state index contributed by atoms with van der Waals surface area (Å²) in [6, 6.07) is 0. The summed E-state index contributed by atoms with van der Waals surface area (Å²) in [5.41, 5.74) is 0. The van der Waals surface area contributed by atoms with Crippen LogP contribution in [0.3, 0.4) is 0 Å². The molecule has 0 aromatic rings. The van der Waals surface area contributed by atoms with E-state index in [2.05, 4.69) is 0 Å². The molecule has 0 radical (unpaired) electrons. The van der Waals surface area contributed by atoms with Crippen LogP contribution in [-0.4, -0.2) is 21.4 Å². The highest BCUT2D eigenvalue weighted by atomic mass is 35.7. The highest BCUT2D eigenvalue weighted by Gasteiger charge is 1.99. The van der Waals surface area contributed by atoms with Crippen molar-refractivity contribution < 1.29 is 9.13 Å². The molecule has 0 rings (SSSR count). The van der Waals surface area contributed by atoms with Gasteiger partial charge in [-0.3, -0.25) is 10.1 Å². The van der Waals surface area contributed by atoms with Crippen molar-refractivity contribution in [3.63, 3.8) is 0 Å².